The van der Waals surface area contributed by atoms with E-state index in [9.17, 15) is 22.8 Å². The number of hydrogen-bond acceptors (Lipinski definition) is 5. The lowest BCUT2D eigenvalue weighted by Crippen LogP contribution is -2.36. The summed E-state index contributed by atoms with van der Waals surface area (Å²) in [6.45, 7) is 1.56. The van der Waals surface area contributed by atoms with E-state index < -0.39 is 28.0 Å². The number of imide groups is 1. The van der Waals surface area contributed by atoms with Crippen molar-refractivity contribution in [1.82, 2.24) is 15.2 Å². The highest BCUT2D eigenvalue weighted by Crippen LogP contribution is 2.31. The molecule has 1 saturated heterocycles. The average Bonchev–Trinajstić information content (AvgIpc) is 3.51. The molecule has 1 fully saturated rings. The van der Waals surface area contributed by atoms with Crippen LogP contribution in [0.25, 0.3) is 10.9 Å². The predicted molar refractivity (Wildman–Crippen MR) is 127 cm³/mol. The Balaban J connectivity index is 1.30. The van der Waals surface area contributed by atoms with Gasteiger partial charge in [0.2, 0.25) is 10.0 Å². The van der Waals surface area contributed by atoms with Crippen molar-refractivity contribution in [3.63, 3.8) is 0 Å². The Hall–Kier alpha value is -3.66. The van der Waals surface area contributed by atoms with Gasteiger partial charge in [0, 0.05) is 35.6 Å². The molecule has 0 aliphatic carbocycles. The van der Waals surface area contributed by atoms with Crippen molar-refractivity contribution in [2.75, 3.05) is 23.1 Å². The molecule has 2 aliphatic rings. The number of sulfonamides is 1. The molecule has 1 unspecified atom stereocenters. The van der Waals surface area contributed by atoms with Crippen LogP contribution in [0.4, 0.5) is 10.5 Å². The van der Waals surface area contributed by atoms with Crippen LogP contribution in [0.3, 0.4) is 0 Å². The first-order valence-corrected chi connectivity index (χ1v) is 12.7. The van der Waals surface area contributed by atoms with Gasteiger partial charge in [-0.1, -0.05) is 18.2 Å². The van der Waals surface area contributed by atoms with Crippen LogP contribution < -0.4 is 9.62 Å². The van der Waals surface area contributed by atoms with E-state index in [-0.39, 0.29) is 18.1 Å². The Morgan fingerprint density at radius 1 is 1.15 bits per heavy atom. The smallest absolute Gasteiger partial charge is 0.325 e. The van der Waals surface area contributed by atoms with E-state index in [1.54, 1.807) is 25.1 Å². The zero-order chi connectivity index (χ0) is 24.0. The third-order valence-corrected chi connectivity index (χ3v) is 8.24. The van der Waals surface area contributed by atoms with Crippen molar-refractivity contribution in [1.29, 1.82) is 0 Å². The van der Waals surface area contributed by atoms with Crippen LogP contribution in [0.2, 0.25) is 0 Å². The van der Waals surface area contributed by atoms with E-state index in [0.29, 0.717) is 30.6 Å². The number of carbonyl (C=O) groups is 3. The minimum atomic E-state index is -3.38. The summed E-state index contributed by atoms with van der Waals surface area (Å²) in [5, 5.41) is 3.66. The Labute approximate surface area is 196 Å². The fourth-order valence-electron chi connectivity index (χ4n) is 4.61. The maximum Gasteiger partial charge on any atom is 0.325 e. The monoisotopic (exact) mass is 480 g/mol. The first-order valence-electron chi connectivity index (χ1n) is 11.1. The van der Waals surface area contributed by atoms with Crippen LogP contribution in [0, 0.1) is 0 Å². The summed E-state index contributed by atoms with van der Waals surface area (Å²) in [6, 6.07) is 11.2. The molecule has 0 radical (unpaired) electrons. The molecule has 3 heterocycles. The fraction of sp³-hybridized carbons (Fsp3) is 0.292. The van der Waals surface area contributed by atoms with Gasteiger partial charge in [-0.05, 0) is 48.7 Å². The minimum absolute atomic E-state index is 0.000970. The largest absolute Gasteiger partial charge is 0.361 e. The van der Waals surface area contributed by atoms with Gasteiger partial charge >= 0.3 is 6.03 Å². The Kier molecular flexibility index (Phi) is 5.40. The predicted octanol–water partition coefficient (Wildman–Crippen LogP) is 2.23. The van der Waals surface area contributed by atoms with Crippen LogP contribution in [0.1, 0.15) is 28.4 Å². The van der Waals surface area contributed by atoms with Gasteiger partial charge in [-0.2, -0.15) is 0 Å². The second-order valence-corrected chi connectivity index (χ2v) is 10.7. The van der Waals surface area contributed by atoms with E-state index in [1.807, 2.05) is 30.5 Å². The summed E-state index contributed by atoms with van der Waals surface area (Å²) < 4.78 is 25.9. The number of H-pyrrole nitrogens is 1. The lowest BCUT2D eigenvalue weighted by Gasteiger charge is -2.18. The lowest BCUT2D eigenvalue weighted by molar-refractivity contribution is -0.127. The Bertz CT molecular complexity index is 1430. The van der Waals surface area contributed by atoms with Crippen LogP contribution in [-0.4, -0.2) is 60.9 Å². The van der Waals surface area contributed by atoms with Gasteiger partial charge in [-0.3, -0.25) is 18.8 Å². The maximum atomic E-state index is 12.9. The van der Waals surface area contributed by atoms with Crippen molar-refractivity contribution >= 4 is 44.3 Å². The van der Waals surface area contributed by atoms with Gasteiger partial charge in [0.05, 0.1) is 18.0 Å². The first-order chi connectivity index (χ1) is 16.3. The quantitative estimate of drug-likeness (QED) is 0.397. The number of carbonyl (C=O) groups excluding carboxylic acids is 3. The second kappa shape index (κ2) is 8.28. The molecule has 5 rings (SSSR count). The fourth-order valence-corrected chi connectivity index (χ4v) is 5.77. The van der Waals surface area contributed by atoms with E-state index in [2.05, 4.69) is 10.3 Å². The molecular formula is C24H24N4O5S. The summed E-state index contributed by atoms with van der Waals surface area (Å²) in [5.41, 5.74) is 3.54. The summed E-state index contributed by atoms with van der Waals surface area (Å²) in [7, 11) is -3.38. The van der Waals surface area contributed by atoms with Crippen molar-refractivity contribution in [2.45, 2.75) is 25.8 Å². The number of para-hydroxylation sites is 1. The van der Waals surface area contributed by atoms with Gasteiger partial charge in [0.1, 0.15) is 6.04 Å². The molecule has 0 spiro atoms. The summed E-state index contributed by atoms with van der Waals surface area (Å²) in [5.74, 6) is -0.820. The zero-order valence-electron chi connectivity index (χ0n) is 18.6. The molecule has 34 heavy (non-hydrogen) atoms. The first kappa shape index (κ1) is 22.1. The lowest BCUT2D eigenvalue weighted by atomic mass is 10.0. The van der Waals surface area contributed by atoms with Gasteiger partial charge in [-0.25, -0.2) is 13.2 Å². The number of hydrogen-bond donors (Lipinski definition) is 2. The number of nitrogens with zero attached hydrogens (tertiary/aromatic N) is 2. The number of aromatic amines is 1. The molecule has 1 aromatic heterocycles. The molecule has 0 saturated carbocycles. The van der Waals surface area contributed by atoms with Gasteiger partial charge in [0.25, 0.3) is 5.91 Å². The number of fused-ring (bicyclic) bond motifs is 2. The van der Waals surface area contributed by atoms with E-state index >= 15 is 0 Å². The number of Topliss-reactive ketones (excluding diaryl/α,β-unsaturated/α-hetero) is 1. The number of rotatable bonds is 7. The zero-order valence-corrected chi connectivity index (χ0v) is 19.4. The Morgan fingerprint density at radius 2 is 1.94 bits per heavy atom. The summed E-state index contributed by atoms with van der Waals surface area (Å²) in [6.07, 6.45) is 2.65. The molecule has 1 atom stereocenters. The molecule has 3 amide bonds. The second-order valence-electron chi connectivity index (χ2n) is 8.48. The highest BCUT2D eigenvalue weighted by atomic mass is 32.2. The number of benzene rings is 2. The molecule has 2 aliphatic heterocycles. The molecule has 10 heteroatoms. The van der Waals surface area contributed by atoms with Crippen LogP contribution in [0.15, 0.2) is 48.7 Å². The molecule has 2 aromatic carbocycles. The number of amides is 3. The number of nitrogens with one attached hydrogen (secondary N) is 2. The van der Waals surface area contributed by atoms with Crippen molar-refractivity contribution in [3.05, 3.63) is 65.4 Å². The number of anilines is 1. The van der Waals surface area contributed by atoms with Crippen LogP contribution in [0.5, 0.6) is 0 Å². The van der Waals surface area contributed by atoms with E-state index in [0.717, 1.165) is 26.9 Å². The maximum absolute atomic E-state index is 12.9. The standard InChI is InChI=1S/C24H24N4O5S/c1-2-34(32,33)28-10-9-15-11-16(7-8-21(15)28)22(29)14-27-23(30)20(26-24(27)31)12-17-13-25-19-6-4-3-5-18(17)19/h3-8,11,13,20,25H,2,9-10,12,14H2,1H3,(H,26,31). The van der Waals surface area contributed by atoms with Crippen molar-refractivity contribution in [2.24, 2.45) is 0 Å². The minimum Gasteiger partial charge on any atom is -0.361 e. The molecule has 9 nitrogen and oxygen atoms in total. The topological polar surface area (TPSA) is 120 Å². The van der Waals surface area contributed by atoms with Crippen LogP contribution in [-0.2, 0) is 27.7 Å². The van der Waals surface area contributed by atoms with E-state index in [4.69, 9.17) is 0 Å². The highest BCUT2D eigenvalue weighted by molar-refractivity contribution is 7.92. The Morgan fingerprint density at radius 3 is 2.74 bits per heavy atom. The van der Waals surface area contributed by atoms with Gasteiger partial charge in [0.15, 0.2) is 5.78 Å². The van der Waals surface area contributed by atoms with Crippen molar-refractivity contribution in [3.8, 4) is 0 Å². The molecule has 0 bridgehead atoms. The molecule has 3 aromatic rings. The average molecular weight is 481 g/mol. The third-order valence-electron chi connectivity index (χ3n) is 6.46. The highest BCUT2D eigenvalue weighted by Gasteiger charge is 2.39. The number of ketones is 1. The SMILES string of the molecule is CCS(=O)(=O)N1CCc2cc(C(=O)CN3C(=O)NC(Cc4c[nH]c5ccccc45)C3=O)ccc21. The molecule has 2 N–H and O–H groups in total. The molecular weight excluding hydrogens is 456 g/mol. The van der Waals surface area contributed by atoms with Gasteiger partial charge < -0.3 is 10.3 Å². The summed E-state index contributed by atoms with van der Waals surface area (Å²) >= 11 is 0. The van der Waals surface area contributed by atoms with Gasteiger partial charge in [-0.15, -0.1) is 0 Å². The van der Waals surface area contributed by atoms with Crippen molar-refractivity contribution < 1.29 is 22.8 Å². The molecule has 176 valence electrons. The number of aromatic nitrogens is 1. The third kappa shape index (κ3) is 3.73. The van der Waals surface area contributed by atoms with E-state index in [1.165, 1.54) is 4.31 Å². The summed E-state index contributed by atoms with van der Waals surface area (Å²) in [4.78, 5) is 42.4. The number of urea groups is 1. The normalized spacial score (nSPS) is 18.0. The van der Waals surface area contributed by atoms with Crippen LogP contribution >= 0.6 is 0 Å².